The number of benzene rings is 1. The Hall–Kier alpha value is -1.32. The average Bonchev–Trinajstić information content (AvgIpc) is 2.53. The number of aromatic nitrogens is 1. The number of fused-ring (bicyclic) bond motifs is 1. The molecule has 1 aromatic carbocycles. The minimum atomic E-state index is 0.442. The third-order valence-corrected chi connectivity index (χ3v) is 1.91. The van der Waals surface area contributed by atoms with Crippen molar-refractivity contribution in [2.24, 2.45) is 5.90 Å². The van der Waals surface area contributed by atoms with Crippen molar-refractivity contribution in [2.75, 3.05) is 0 Å². The van der Waals surface area contributed by atoms with Gasteiger partial charge in [0.05, 0.1) is 12.1 Å². The minimum Gasteiger partial charge on any atom is -0.361 e. The van der Waals surface area contributed by atoms with E-state index in [4.69, 9.17) is 5.90 Å². The Balaban J connectivity index is 2.57. The molecule has 0 aliphatic carbocycles. The fourth-order valence-electron chi connectivity index (χ4n) is 1.36. The van der Waals surface area contributed by atoms with E-state index in [-0.39, 0.29) is 0 Å². The first-order valence-electron chi connectivity index (χ1n) is 3.78. The smallest absolute Gasteiger partial charge is 0.0950 e. The molecule has 0 radical (unpaired) electrons. The Labute approximate surface area is 70.1 Å². The zero-order valence-electron chi connectivity index (χ0n) is 6.58. The molecule has 3 nitrogen and oxygen atoms in total. The van der Waals surface area contributed by atoms with Crippen LogP contribution >= 0.6 is 0 Å². The van der Waals surface area contributed by atoms with Crippen LogP contribution in [0.3, 0.4) is 0 Å². The summed E-state index contributed by atoms with van der Waals surface area (Å²) in [4.78, 5) is 7.72. The SMILES string of the molecule is NOCc1cccc2cc[nH]c12. The second-order valence-electron chi connectivity index (χ2n) is 2.67. The fourth-order valence-corrected chi connectivity index (χ4v) is 1.36. The predicted molar refractivity (Wildman–Crippen MR) is 47.3 cm³/mol. The number of nitrogens with two attached hydrogens (primary N) is 1. The molecule has 3 heteroatoms. The first kappa shape index (κ1) is 7.34. The van der Waals surface area contributed by atoms with Crippen LogP contribution in [0.1, 0.15) is 5.56 Å². The van der Waals surface area contributed by atoms with Gasteiger partial charge in [0.1, 0.15) is 0 Å². The third kappa shape index (κ3) is 1.09. The summed E-state index contributed by atoms with van der Waals surface area (Å²) < 4.78 is 0. The first-order valence-corrected chi connectivity index (χ1v) is 3.78. The van der Waals surface area contributed by atoms with Gasteiger partial charge in [-0.2, -0.15) is 0 Å². The van der Waals surface area contributed by atoms with Gasteiger partial charge in [0.2, 0.25) is 0 Å². The number of para-hydroxylation sites is 1. The lowest BCUT2D eigenvalue weighted by molar-refractivity contribution is 0.125. The largest absolute Gasteiger partial charge is 0.361 e. The van der Waals surface area contributed by atoms with E-state index in [1.807, 2.05) is 30.5 Å². The number of hydrogen-bond donors (Lipinski definition) is 2. The maximum Gasteiger partial charge on any atom is 0.0950 e. The summed E-state index contributed by atoms with van der Waals surface area (Å²) in [6.07, 6.45) is 1.91. The number of nitrogens with one attached hydrogen (secondary N) is 1. The maximum atomic E-state index is 5.01. The van der Waals surface area contributed by atoms with Crippen LogP contribution in [0.5, 0.6) is 0 Å². The quantitative estimate of drug-likeness (QED) is 0.658. The molecule has 0 atom stereocenters. The lowest BCUT2D eigenvalue weighted by atomic mass is 10.1. The van der Waals surface area contributed by atoms with Crippen molar-refractivity contribution in [3.8, 4) is 0 Å². The molecule has 2 aromatic rings. The molecule has 0 saturated carbocycles. The van der Waals surface area contributed by atoms with E-state index in [1.54, 1.807) is 0 Å². The second kappa shape index (κ2) is 2.97. The van der Waals surface area contributed by atoms with Gasteiger partial charge in [0.15, 0.2) is 0 Å². The number of rotatable bonds is 2. The molecule has 0 aliphatic rings. The Morgan fingerprint density at radius 3 is 3.08 bits per heavy atom. The van der Waals surface area contributed by atoms with Gasteiger partial charge in [-0.15, -0.1) is 0 Å². The summed E-state index contributed by atoms with van der Waals surface area (Å²) in [7, 11) is 0. The van der Waals surface area contributed by atoms with Crippen LogP contribution in [0.4, 0.5) is 0 Å². The molecular weight excluding hydrogens is 152 g/mol. The zero-order chi connectivity index (χ0) is 8.39. The van der Waals surface area contributed by atoms with Gasteiger partial charge in [0.25, 0.3) is 0 Å². The standard InChI is InChI=1S/C9H10N2O/c10-12-6-8-3-1-2-7-4-5-11-9(7)8/h1-5,11H,6,10H2. The summed E-state index contributed by atoms with van der Waals surface area (Å²) in [6.45, 7) is 0.442. The highest BCUT2D eigenvalue weighted by molar-refractivity contribution is 5.82. The molecule has 0 spiro atoms. The minimum absolute atomic E-state index is 0.442. The van der Waals surface area contributed by atoms with E-state index in [9.17, 15) is 0 Å². The lowest BCUT2D eigenvalue weighted by Gasteiger charge is -1.99. The molecule has 0 saturated heterocycles. The number of aromatic amines is 1. The molecule has 12 heavy (non-hydrogen) atoms. The van der Waals surface area contributed by atoms with Crippen LogP contribution in [0.25, 0.3) is 10.9 Å². The van der Waals surface area contributed by atoms with Gasteiger partial charge in [-0.05, 0) is 11.5 Å². The Kier molecular flexibility index (Phi) is 1.81. The Morgan fingerprint density at radius 2 is 2.25 bits per heavy atom. The van der Waals surface area contributed by atoms with Crippen LogP contribution in [0.2, 0.25) is 0 Å². The third-order valence-electron chi connectivity index (χ3n) is 1.91. The van der Waals surface area contributed by atoms with Gasteiger partial charge in [0, 0.05) is 11.8 Å². The summed E-state index contributed by atoms with van der Waals surface area (Å²) >= 11 is 0. The van der Waals surface area contributed by atoms with Crippen LogP contribution in [0.15, 0.2) is 30.5 Å². The van der Waals surface area contributed by atoms with Crippen molar-refractivity contribution in [3.63, 3.8) is 0 Å². The van der Waals surface area contributed by atoms with Crippen LogP contribution in [-0.4, -0.2) is 4.98 Å². The lowest BCUT2D eigenvalue weighted by Crippen LogP contribution is -1.99. The van der Waals surface area contributed by atoms with Crippen LogP contribution < -0.4 is 5.90 Å². The second-order valence-corrected chi connectivity index (χ2v) is 2.67. The molecular formula is C9H10N2O. The molecule has 0 amide bonds. The zero-order valence-corrected chi connectivity index (χ0v) is 6.58. The molecule has 0 bridgehead atoms. The van der Waals surface area contributed by atoms with E-state index >= 15 is 0 Å². The van der Waals surface area contributed by atoms with Gasteiger partial charge in [-0.1, -0.05) is 18.2 Å². The van der Waals surface area contributed by atoms with Gasteiger partial charge < -0.3 is 4.98 Å². The fraction of sp³-hybridized carbons (Fsp3) is 0.111. The molecule has 3 N–H and O–H groups in total. The number of H-pyrrole nitrogens is 1. The highest BCUT2D eigenvalue weighted by Gasteiger charge is 1.99. The highest BCUT2D eigenvalue weighted by Crippen LogP contribution is 2.16. The topological polar surface area (TPSA) is 51.0 Å². The van der Waals surface area contributed by atoms with Gasteiger partial charge in [-0.3, -0.25) is 4.84 Å². The van der Waals surface area contributed by atoms with Gasteiger partial charge >= 0.3 is 0 Å². The van der Waals surface area contributed by atoms with E-state index in [1.165, 1.54) is 5.39 Å². The predicted octanol–water partition coefficient (Wildman–Crippen LogP) is 1.56. The van der Waals surface area contributed by atoms with Crippen molar-refractivity contribution in [2.45, 2.75) is 6.61 Å². The van der Waals surface area contributed by atoms with Crippen molar-refractivity contribution >= 4 is 10.9 Å². The molecule has 0 fully saturated rings. The molecule has 0 aliphatic heterocycles. The van der Waals surface area contributed by atoms with Crippen molar-refractivity contribution in [1.82, 2.24) is 4.98 Å². The normalized spacial score (nSPS) is 10.8. The van der Waals surface area contributed by atoms with Gasteiger partial charge in [-0.25, -0.2) is 5.90 Å². The van der Waals surface area contributed by atoms with Crippen LogP contribution in [-0.2, 0) is 11.4 Å². The van der Waals surface area contributed by atoms with E-state index in [2.05, 4.69) is 9.82 Å². The Bertz CT molecular complexity index is 381. The summed E-state index contributed by atoms with van der Waals surface area (Å²) in [5, 5.41) is 1.18. The van der Waals surface area contributed by atoms with E-state index in [0.29, 0.717) is 6.61 Å². The number of hydrogen-bond acceptors (Lipinski definition) is 2. The molecule has 0 unspecified atom stereocenters. The Morgan fingerprint density at radius 1 is 1.33 bits per heavy atom. The van der Waals surface area contributed by atoms with Crippen molar-refractivity contribution in [1.29, 1.82) is 0 Å². The van der Waals surface area contributed by atoms with Crippen molar-refractivity contribution < 1.29 is 4.84 Å². The summed E-state index contributed by atoms with van der Waals surface area (Å²) in [6, 6.07) is 8.05. The maximum absolute atomic E-state index is 5.01. The highest BCUT2D eigenvalue weighted by atomic mass is 16.6. The molecule has 62 valence electrons. The molecule has 2 rings (SSSR count). The summed E-state index contributed by atoms with van der Waals surface area (Å²) in [5.41, 5.74) is 2.18. The average molecular weight is 162 g/mol. The van der Waals surface area contributed by atoms with E-state index in [0.717, 1.165) is 11.1 Å². The molecule has 1 heterocycles. The van der Waals surface area contributed by atoms with E-state index < -0.39 is 0 Å². The van der Waals surface area contributed by atoms with Crippen molar-refractivity contribution in [3.05, 3.63) is 36.0 Å². The monoisotopic (exact) mass is 162 g/mol. The molecule has 1 aromatic heterocycles. The van der Waals surface area contributed by atoms with Crippen LogP contribution in [0, 0.1) is 0 Å². The first-order chi connectivity index (χ1) is 5.92. The summed E-state index contributed by atoms with van der Waals surface area (Å²) in [5.74, 6) is 5.01.